The van der Waals surface area contributed by atoms with Gasteiger partial charge in [0.15, 0.2) is 0 Å². The lowest BCUT2D eigenvalue weighted by Gasteiger charge is -2.43. The topological polar surface area (TPSA) is 70.5 Å². The molecule has 1 aromatic carbocycles. The number of aryl methyl sites for hydroxylation is 1. The summed E-state index contributed by atoms with van der Waals surface area (Å²) in [6.45, 7) is 5.70. The molecule has 3 heterocycles. The fourth-order valence-electron chi connectivity index (χ4n) is 3.59. The molecule has 25 heavy (non-hydrogen) atoms. The molecule has 1 atom stereocenters. The van der Waals surface area contributed by atoms with E-state index >= 15 is 0 Å². The zero-order chi connectivity index (χ0) is 17.4. The number of amides is 2. The summed E-state index contributed by atoms with van der Waals surface area (Å²) < 4.78 is 1.99. The van der Waals surface area contributed by atoms with Crippen molar-refractivity contribution in [3.05, 3.63) is 48.0 Å². The average Bonchev–Trinajstić information content (AvgIpc) is 3.15. The average molecular weight is 339 g/mol. The number of carbonyl (C=O) groups is 2. The maximum absolute atomic E-state index is 11.9. The highest BCUT2D eigenvalue weighted by Crippen LogP contribution is 2.19. The number of hydrogen-bond acceptors (Lipinski definition) is 4. The van der Waals surface area contributed by atoms with Crippen molar-refractivity contribution >= 4 is 11.8 Å². The molecule has 2 fully saturated rings. The lowest BCUT2D eigenvalue weighted by atomic mass is 10.0. The van der Waals surface area contributed by atoms with Gasteiger partial charge in [0, 0.05) is 50.8 Å². The van der Waals surface area contributed by atoms with Crippen LogP contribution in [0.3, 0.4) is 0 Å². The first-order chi connectivity index (χ1) is 12.1. The van der Waals surface area contributed by atoms with Crippen molar-refractivity contribution in [2.24, 2.45) is 0 Å². The van der Waals surface area contributed by atoms with Crippen LogP contribution in [0.2, 0.25) is 0 Å². The van der Waals surface area contributed by atoms with Crippen LogP contribution in [0, 0.1) is 6.92 Å². The number of fused-ring (bicyclic) bond motifs is 1. The van der Waals surface area contributed by atoms with E-state index in [1.165, 1.54) is 11.1 Å². The van der Waals surface area contributed by atoms with Crippen molar-refractivity contribution in [3.63, 3.8) is 0 Å². The molecule has 1 unspecified atom stereocenters. The summed E-state index contributed by atoms with van der Waals surface area (Å²) in [6, 6.07) is 6.50. The second kappa shape index (κ2) is 6.33. The van der Waals surface area contributed by atoms with Crippen LogP contribution >= 0.6 is 0 Å². The summed E-state index contributed by atoms with van der Waals surface area (Å²) in [5.41, 5.74) is 3.62. The maximum atomic E-state index is 11.9. The van der Waals surface area contributed by atoms with Gasteiger partial charge in [-0.25, -0.2) is 4.98 Å². The Balaban J connectivity index is 1.45. The van der Waals surface area contributed by atoms with Crippen molar-refractivity contribution in [3.8, 4) is 5.69 Å². The fourth-order valence-corrected chi connectivity index (χ4v) is 3.59. The number of carbonyl (C=O) groups excluding carboxylic acids is 2. The van der Waals surface area contributed by atoms with Crippen LogP contribution in [0.1, 0.15) is 11.1 Å². The number of hydrogen-bond donors (Lipinski definition) is 1. The molecular weight excluding hydrogens is 318 g/mol. The number of benzene rings is 1. The first-order valence-electron chi connectivity index (χ1n) is 8.51. The quantitative estimate of drug-likeness (QED) is 0.818. The molecule has 7 nitrogen and oxygen atoms in total. The molecule has 4 rings (SSSR count). The highest BCUT2D eigenvalue weighted by molar-refractivity contribution is 6.35. The third-order valence-electron chi connectivity index (χ3n) is 5.04. The van der Waals surface area contributed by atoms with Crippen molar-refractivity contribution in [1.29, 1.82) is 0 Å². The van der Waals surface area contributed by atoms with Gasteiger partial charge in [0.25, 0.3) is 0 Å². The lowest BCUT2D eigenvalue weighted by molar-refractivity contribution is -0.152. The van der Waals surface area contributed by atoms with E-state index in [2.05, 4.69) is 40.3 Å². The Morgan fingerprint density at radius 3 is 2.92 bits per heavy atom. The second-order valence-electron chi connectivity index (χ2n) is 6.68. The third-order valence-corrected chi connectivity index (χ3v) is 5.04. The SMILES string of the molecule is Cc1cc(-n2ccnc2)ccc1CN1CCN2C(=O)C(=O)NCC2C1. The smallest absolute Gasteiger partial charge is 0.312 e. The van der Waals surface area contributed by atoms with E-state index in [0.717, 1.165) is 25.3 Å². The minimum atomic E-state index is -0.476. The molecule has 2 saturated heterocycles. The molecule has 0 aliphatic carbocycles. The fraction of sp³-hybridized carbons (Fsp3) is 0.389. The Labute approximate surface area is 146 Å². The second-order valence-corrected chi connectivity index (χ2v) is 6.68. The van der Waals surface area contributed by atoms with Gasteiger partial charge in [-0.3, -0.25) is 14.5 Å². The van der Waals surface area contributed by atoms with Crippen LogP contribution in [0.4, 0.5) is 0 Å². The molecule has 1 aromatic heterocycles. The first kappa shape index (κ1) is 15.8. The van der Waals surface area contributed by atoms with Gasteiger partial charge in [0.2, 0.25) is 0 Å². The summed E-state index contributed by atoms with van der Waals surface area (Å²) in [5, 5.41) is 2.68. The normalized spacial score (nSPS) is 21.2. The van der Waals surface area contributed by atoms with Gasteiger partial charge < -0.3 is 14.8 Å². The monoisotopic (exact) mass is 339 g/mol. The highest BCUT2D eigenvalue weighted by Gasteiger charge is 2.37. The van der Waals surface area contributed by atoms with Gasteiger partial charge in [-0.2, -0.15) is 0 Å². The van der Waals surface area contributed by atoms with Crippen LogP contribution in [0.5, 0.6) is 0 Å². The van der Waals surface area contributed by atoms with Crippen molar-refractivity contribution in [2.45, 2.75) is 19.5 Å². The Morgan fingerprint density at radius 1 is 1.28 bits per heavy atom. The number of imidazole rings is 1. The molecule has 2 aliphatic heterocycles. The summed E-state index contributed by atoms with van der Waals surface area (Å²) in [4.78, 5) is 31.5. The summed E-state index contributed by atoms with van der Waals surface area (Å²) in [6.07, 6.45) is 5.50. The van der Waals surface area contributed by atoms with Crippen molar-refractivity contribution < 1.29 is 9.59 Å². The number of piperazine rings is 2. The standard InChI is InChI=1S/C18H21N5O2/c1-13-8-15(22-5-4-19-12-22)3-2-14(13)10-21-6-7-23-16(11-21)9-20-17(24)18(23)25/h2-5,8,12,16H,6-7,9-11H2,1H3,(H,20,24). The Hall–Kier alpha value is -2.67. The summed E-state index contributed by atoms with van der Waals surface area (Å²) >= 11 is 0. The number of aromatic nitrogens is 2. The molecule has 0 radical (unpaired) electrons. The van der Waals surface area contributed by atoms with E-state index < -0.39 is 11.8 Å². The van der Waals surface area contributed by atoms with Crippen LogP contribution in [-0.4, -0.2) is 63.4 Å². The van der Waals surface area contributed by atoms with Gasteiger partial charge in [-0.05, 0) is 30.2 Å². The Kier molecular flexibility index (Phi) is 4.01. The number of nitrogens with zero attached hydrogens (tertiary/aromatic N) is 4. The van der Waals surface area contributed by atoms with E-state index in [4.69, 9.17) is 0 Å². The van der Waals surface area contributed by atoms with Crippen molar-refractivity contribution in [1.82, 2.24) is 24.7 Å². The van der Waals surface area contributed by atoms with E-state index in [-0.39, 0.29) is 6.04 Å². The minimum absolute atomic E-state index is 0.0736. The molecule has 7 heteroatoms. The summed E-state index contributed by atoms with van der Waals surface area (Å²) in [5.74, 6) is -0.868. The first-order valence-corrected chi connectivity index (χ1v) is 8.51. The maximum Gasteiger partial charge on any atom is 0.312 e. The van der Waals surface area contributed by atoms with Crippen LogP contribution in [0.25, 0.3) is 5.69 Å². The van der Waals surface area contributed by atoms with Gasteiger partial charge in [-0.15, -0.1) is 0 Å². The summed E-state index contributed by atoms with van der Waals surface area (Å²) in [7, 11) is 0. The number of rotatable bonds is 3. The molecule has 2 aromatic rings. The van der Waals surface area contributed by atoms with Crippen LogP contribution < -0.4 is 5.32 Å². The molecule has 2 amide bonds. The van der Waals surface area contributed by atoms with E-state index in [9.17, 15) is 9.59 Å². The molecule has 130 valence electrons. The largest absolute Gasteiger partial charge is 0.346 e. The van der Waals surface area contributed by atoms with Gasteiger partial charge in [0.05, 0.1) is 12.4 Å². The lowest BCUT2D eigenvalue weighted by Crippen LogP contribution is -2.65. The highest BCUT2D eigenvalue weighted by atomic mass is 16.2. The van der Waals surface area contributed by atoms with Gasteiger partial charge in [-0.1, -0.05) is 6.07 Å². The van der Waals surface area contributed by atoms with Gasteiger partial charge in [0.1, 0.15) is 0 Å². The molecule has 1 N–H and O–H groups in total. The predicted molar refractivity (Wildman–Crippen MR) is 92.1 cm³/mol. The van der Waals surface area contributed by atoms with Crippen LogP contribution in [0.15, 0.2) is 36.9 Å². The Morgan fingerprint density at radius 2 is 2.16 bits per heavy atom. The molecule has 0 bridgehead atoms. The number of nitrogens with one attached hydrogen (secondary N) is 1. The third kappa shape index (κ3) is 3.02. The van der Waals surface area contributed by atoms with E-state index in [1.807, 2.05) is 10.8 Å². The predicted octanol–water partition coefficient (Wildman–Crippen LogP) is 0.323. The van der Waals surface area contributed by atoms with Crippen molar-refractivity contribution in [2.75, 3.05) is 26.2 Å². The molecule has 0 spiro atoms. The van der Waals surface area contributed by atoms with Crippen LogP contribution in [-0.2, 0) is 16.1 Å². The Bertz CT molecular complexity index is 802. The molecule has 0 saturated carbocycles. The molecular formula is C18H21N5O2. The minimum Gasteiger partial charge on any atom is -0.346 e. The zero-order valence-corrected chi connectivity index (χ0v) is 14.2. The van der Waals surface area contributed by atoms with E-state index in [1.54, 1.807) is 17.4 Å². The van der Waals surface area contributed by atoms with Gasteiger partial charge >= 0.3 is 11.8 Å². The van der Waals surface area contributed by atoms with E-state index in [0.29, 0.717) is 13.1 Å². The zero-order valence-electron chi connectivity index (χ0n) is 14.2. The molecule has 2 aliphatic rings.